The number of halogens is 3. The molecule has 0 bridgehead atoms. The minimum Gasteiger partial charge on any atom is -0.489 e. The van der Waals surface area contributed by atoms with Gasteiger partial charge in [-0.3, -0.25) is 0 Å². The Balaban J connectivity index is 2.94. The first-order valence-electron chi connectivity index (χ1n) is 4.50. The van der Waals surface area contributed by atoms with Crippen molar-refractivity contribution in [2.24, 2.45) is 0 Å². The third-order valence-corrected chi connectivity index (χ3v) is 1.68. The van der Waals surface area contributed by atoms with Crippen molar-refractivity contribution in [2.75, 3.05) is 6.61 Å². The number of benzene rings is 1. The Bertz CT molecular complexity index is 327. The van der Waals surface area contributed by atoms with Crippen LogP contribution in [0, 0.1) is 0 Å². The van der Waals surface area contributed by atoms with Crippen LogP contribution >= 0.6 is 0 Å². The molecule has 0 spiro atoms. The van der Waals surface area contributed by atoms with Gasteiger partial charge in [-0.1, -0.05) is 30.3 Å². The molecule has 0 saturated heterocycles. The van der Waals surface area contributed by atoms with Gasteiger partial charge in [0.1, 0.15) is 0 Å². The molecule has 0 aliphatic heterocycles. The van der Waals surface area contributed by atoms with Crippen LogP contribution in [0.2, 0.25) is 0 Å². The zero-order valence-electron chi connectivity index (χ0n) is 8.21. The lowest BCUT2D eigenvalue weighted by molar-refractivity contribution is -0.128. The van der Waals surface area contributed by atoms with Gasteiger partial charge in [0.05, 0.1) is 6.61 Å². The van der Waals surface area contributed by atoms with Gasteiger partial charge in [-0.05, 0) is 18.6 Å². The predicted molar refractivity (Wildman–Crippen MR) is 52.1 cm³/mol. The number of allylic oxidation sites excluding steroid dienone is 1. The van der Waals surface area contributed by atoms with Gasteiger partial charge in [0, 0.05) is 0 Å². The number of hydrogen-bond acceptors (Lipinski definition) is 1. The molecule has 15 heavy (non-hydrogen) atoms. The van der Waals surface area contributed by atoms with Crippen molar-refractivity contribution in [3.8, 4) is 0 Å². The highest BCUT2D eigenvalue weighted by Crippen LogP contribution is 2.28. The molecule has 0 aromatic heterocycles. The summed E-state index contributed by atoms with van der Waals surface area (Å²) >= 11 is 0. The summed E-state index contributed by atoms with van der Waals surface area (Å²) in [6.07, 6.45) is -3.45. The summed E-state index contributed by atoms with van der Waals surface area (Å²) in [6, 6.07) is 8.26. The van der Waals surface area contributed by atoms with E-state index in [9.17, 15) is 13.2 Å². The second kappa shape index (κ2) is 4.87. The lowest BCUT2D eigenvalue weighted by Crippen LogP contribution is -2.14. The van der Waals surface area contributed by atoms with Gasteiger partial charge in [0.15, 0.2) is 0 Å². The lowest BCUT2D eigenvalue weighted by Gasteiger charge is -2.11. The summed E-state index contributed by atoms with van der Waals surface area (Å²) in [7, 11) is 0. The van der Waals surface area contributed by atoms with Gasteiger partial charge >= 0.3 is 6.18 Å². The van der Waals surface area contributed by atoms with E-state index in [1.165, 1.54) is 6.92 Å². The second-order valence-electron chi connectivity index (χ2n) is 2.85. The van der Waals surface area contributed by atoms with Crippen LogP contribution in [0.15, 0.2) is 36.1 Å². The molecule has 82 valence electrons. The summed E-state index contributed by atoms with van der Waals surface area (Å²) < 4.78 is 41.7. The highest BCUT2D eigenvalue weighted by molar-refractivity contribution is 5.52. The van der Waals surface area contributed by atoms with E-state index < -0.39 is 11.9 Å². The number of hydrogen-bond donors (Lipinski definition) is 0. The molecule has 0 radical (unpaired) electrons. The molecular formula is C11H11F3O. The van der Waals surface area contributed by atoms with Crippen LogP contribution in [-0.2, 0) is 4.74 Å². The van der Waals surface area contributed by atoms with E-state index in [2.05, 4.69) is 4.74 Å². The topological polar surface area (TPSA) is 9.23 Å². The van der Waals surface area contributed by atoms with Crippen LogP contribution in [0.25, 0.3) is 6.08 Å². The maximum absolute atomic E-state index is 12.4. The third-order valence-electron chi connectivity index (χ3n) is 1.68. The molecule has 0 unspecified atom stereocenters. The van der Waals surface area contributed by atoms with Crippen LogP contribution < -0.4 is 0 Å². The molecule has 1 aromatic rings. The lowest BCUT2D eigenvalue weighted by atomic mass is 10.2. The minimum atomic E-state index is -4.44. The molecular weight excluding hydrogens is 205 g/mol. The Hall–Kier alpha value is -1.45. The van der Waals surface area contributed by atoms with Crippen LogP contribution in [0.1, 0.15) is 12.5 Å². The Morgan fingerprint density at radius 1 is 1.27 bits per heavy atom. The van der Waals surface area contributed by atoms with Gasteiger partial charge in [0.25, 0.3) is 0 Å². The van der Waals surface area contributed by atoms with E-state index in [1.807, 2.05) is 0 Å². The predicted octanol–water partition coefficient (Wildman–Crippen LogP) is 3.63. The zero-order chi connectivity index (χ0) is 11.3. The SMILES string of the molecule is CCO/C(=C\c1ccccc1)C(F)(F)F. The van der Waals surface area contributed by atoms with Gasteiger partial charge in [0.2, 0.25) is 5.76 Å². The van der Waals surface area contributed by atoms with E-state index in [-0.39, 0.29) is 6.61 Å². The molecule has 4 heteroatoms. The standard InChI is InChI=1S/C11H11F3O/c1-2-15-10(11(12,13)14)8-9-6-4-3-5-7-9/h3-8H,2H2,1H3/b10-8-. The van der Waals surface area contributed by atoms with Crippen molar-refractivity contribution in [3.63, 3.8) is 0 Å². The monoisotopic (exact) mass is 216 g/mol. The fourth-order valence-electron chi connectivity index (χ4n) is 1.06. The summed E-state index contributed by atoms with van der Waals surface area (Å²) in [5, 5.41) is 0. The van der Waals surface area contributed by atoms with Gasteiger partial charge in [-0.15, -0.1) is 0 Å². The largest absolute Gasteiger partial charge is 0.489 e. The van der Waals surface area contributed by atoms with Crippen molar-refractivity contribution in [2.45, 2.75) is 13.1 Å². The number of alkyl halides is 3. The number of rotatable bonds is 3. The first kappa shape index (κ1) is 11.6. The molecule has 1 nitrogen and oxygen atoms in total. The van der Waals surface area contributed by atoms with Crippen molar-refractivity contribution in [1.82, 2.24) is 0 Å². The number of ether oxygens (including phenoxy) is 1. The van der Waals surface area contributed by atoms with Crippen molar-refractivity contribution in [1.29, 1.82) is 0 Å². The van der Waals surface area contributed by atoms with E-state index in [4.69, 9.17) is 0 Å². The molecule has 1 aromatic carbocycles. The van der Waals surface area contributed by atoms with Gasteiger partial charge in [-0.2, -0.15) is 13.2 Å². The second-order valence-corrected chi connectivity index (χ2v) is 2.85. The molecule has 0 heterocycles. The average Bonchev–Trinajstić information content (AvgIpc) is 2.17. The molecule has 1 rings (SSSR count). The molecule has 0 saturated carbocycles. The summed E-state index contributed by atoms with van der Waals surface area (Å²) in [5.41, 5.74) is 0.471. The zero-order valence-corrected chi connectivity index (χ0v) is 8.21. The minimum absolute atomic E-state index is 0.00181. The Kier molecular flexibility index (Phi) is 3.77. The fourth-order valence-corrected chi connectivity index (χ4v) is 1.06. The summed E-state index contributed by atoms with van der Waals surface area (Å²) in [6.45, 7) is 1.52. The van der Waals surface area contributed by atoms with Gasteiger partial charge < -0.3 is 4.74 Å². The molecule has 0 aliphatic carbocycles. The Morgan fingerprint density at radius 2 is 1.87 bits per heavy atom. The Morgan fingerprint density at radius 3 is 2.33 bits per heavy atom. The average molecular weight is 216 g/mol. The smallest absolute Gasteiger partial charge is 0.448 e. The van der Waals surface area contributed by atoms with Crippen molar-refractivity contribution < 1.29 is 17.9 Å². The van der Waals surface area contributed by atoms with E-state index in [0.29, 0.717) is 5.56 Å². The van der Waals surface area contributed by atoms with Crippen molar-refractivity contribution >= 4 is 6.08 Å². The molecule has 0 atom stereocenters. The van der Waals surface area contributed by atoms with E-state index >= 15 is 0 Å². The third kappa shape index (κ3) is 3.65. The van der Waals surface area contributed by atoms with Crippen molar-refractivity contribution in [3.05, 3.63) is 41.7 Å². The summed E-state index contributed by atoms with van der Waals surface area (Å²) in [5.74, 6) is -0.962. The fraction of sp³-hybridized carbons (Fsp3) is 0.273. The highest BCUT2D eigenvalue weighted by atomic mass is 19.4. The first-order valence-corrected chi connectivity index (χ1v) is 4.50. The summed E-state index contributed by atoms with van der Waals surface area (Å²) in [4.78, 5) is 0. The Labute approximate surface area is 86.2 Å². The molecule has 0 amide bonds. The normalized spacial score (nSPS) is 12.7. The molecule has 0 aliphatic rings. The molecule has 0 N–H and O–H groups in total. The first-order chi connectivity index (χ1) is 7.04. The van der Waals surface area contributed by atoms with E-state index in [0.717, 1.165) is 6.08 Å². The van der Waals surface area contributed by atoms with E-state index in [1.54, 1.807) is 30.3 Å². The van der Waals surface area contributed by atoms with Crippen LogP contribution in [-0.4, -0.2) is 12.8 Å². The maximum atomic E-state index is 12.4. The van der Waals surface area contributed by atoms with Crippen LogP contribution in [0.4, 0.5) is 13.2 Å². The quantitative estimate of drug-likeness (QED) is 0.701. The van der Waals surface area contributed by atoms with Gasteiger partial charge in [-0.25, -0.2) is 0 Å². The highest BCUT2D eigenvalue weighted by Gasteiger charge is 2.35. The maximum Gasteiger partial charge on any atom is 0.448 e. The van der Waals surface area contributed by atoms with Crippen LogP contribution in [0.5, 0.6) is 0 Å². The molecule has 0 fully saturated rings. The van der Waals surface area contributed by atoms with Crippen LogP contribution in [0.3, 0.4) is 0 Å².